The van der Waals surface area contributed by atoms with Gasteiger partial charge in [0.25, 0.3) is 5.56 Å². The molecule has 1 saturated carbocycles. The second-order valence-corrected chi connectivity index (χ2v) is 7.13. The Bertz CT molecular complexity index is 786. The summed E-state index contributed by atoms with van der Waals surface area (Å²) in [7, 11) is 1.89. The van der Waals surface area contributed by atoms with Crippen LogP contribution in [0, 0.1) is 6.92 Å². The first-order valence-corrected chi connectivity index (χ1v) is 9.40. The Hall–Kier alpha value is -2.08. The van der Waals surface area contributed by atoms with Crippen LogP contribution in [0.4, 0.5) is 5.69 Å². The number of thiocarbonyl (C=S) groups is 1. The molecule has 2 N–H and O–H groups in total. The number of anilines is 1. The summed E-state index contributed by atoms with van der Waals surface area (Å²) in [6.07, 6.45) is 7.38. The van der Waals surface area contributed by atoms with Crippen molar-refractivity contribution in [2.45, 2.75) is 51.5 Å². The highest BCUT2D eigenvalue weighted by Crippen LogP contribution is 2.18. The van der Waals surface area contributed by atoms with Crippen molar-refractivity contribution in [2.24, 2.45) is 7.05 Å². The third-order valence-corrected chi connectivity index (χ3v) is 5.20. The molecule has 1 aromatic carbocycles. The number of nitrogens with zero attached hydrogens (tertiary/aromatic N) is 2. The molecule has 0 radical (unpaired) electrons. The van der Waals surface area contributed by atoms with Crippen molar-refractivity contribution < 1.29 is 0 Å². The first-order valence-electron chi connectivity index (χ1n) is 8.99. The lowest BCUT2D eigenvalue weighted by Gasteiger charge is -2.18. The summed E-state index contributed by atoms with van der Waals surface area (Å²) < 4.78 is 3.51. The Kier molecular flexibility index (Phi) is 5.58. The molecule has 134 valence electrons. The van der Waals surface area contributed by atoms with E-state index in [1.807, 2.05) is 49.0 Å². The molecule has 1 fully saturated rings. The van der Waals surface area contributed by atoms with Gasteiger partial charge in [0.15, 0.2) is 5.11 Å². The van der Waals surface area contributed by atoms with E-state index in [-0.39, 0.29) is 5.56 Å². The smallest absolute Gasteiger partial charge is 0.295 e. The quantitative estimate of drug-likeness (QED) is 0.651. The molecule has 25 heavy (non-hydrogen) atoms. The van der Waals surface area contributed by atoms with Gasteiger partial charge in [-0.1, -0.05) is 43.9 Å². The van der Waals surface area contributed by atoms with Crippen LogP contribution in [0.25, 0.3) is 5.69 Å². The number of rotatable bonds is 3. The molecule has 0 atom stereocenters. The minimum absolute atomic E-state index is 0.0868. The van der Waals surface area contributed by atoms with Crippen LogP contribution < -0.4 is 16.2 Å². The van der Waals surface area contributed by atoms with Gasteiger partial charge in [0, 0.05) is 13.1 Å². The molecule has 5 nitrogen and oxygen atoms in total. The number of benzene rings is 1. The van der Waals surface area contributed by atoms with Crippen LogP contribution >= 0.6 is 12.2 Å². The zero-order valence-corrected chi connectivity index (χ0v) is 15.7. The molecule has 3 rings (SSSR count). The Morgan fingerprint density at radius 1 is 1.12 bits per heavy atom. The molecule has 6 heteroatoms. The second-order valence-electron chi connectivity index (χ2n) is 6.72. The fourth-order valence-corrected chi connectivity index (χ4v) is 3.74. The van der Waals surface area contributed by atoms with Gasteiger partial charge >= 0.3 is 0 Å². The van der Waals surface area contributed by atoms with Crippen LogP contribution in [0.2, 0.25) is 0 Å². The van der Waals surface area contributed by atoms with Gasteiger partial charge in [-0.3, -0.25) is 9.48 Å². The molecule has 1 aromatic heterocycles. The molecule has 0 saturated heterocycles. The number of para-hydroxylation sites is 1. The first kappa shape index (κ1) is 17.7. The van der Waals surface area contributed by atoms with Crippen LogP contribution in [0.3, 0.4) is 0 Å². The Balaban J connectivity index is 1.79. The lowest BCUT2D eigenvalue weighted by Crippen LogP contribution is -2.38. The highest BCUT2D eigenvalue weighted by atomic mass is 32.1. The monoisotopic (exact) mass is 358 g/mol. The van der Waals surface area contributed by atoms with Gasteiger partial charge in [-0.05, 0) is 44.1 Å². The van der Waals surface area contributed by atoms with Gasteiger partial charge in [0.1, 0.15) is 5.69 Å². The van der Waals surface area contributed by atoms with Gasteiger partial charge in [-0.2, -0.15) is 0 Å². The summed E-state index contributed by atoms with van der Waals surface area (Å²) >= 11 is 5.47. The van der Waals surface area contributed by atoms with E-state index in [0.29, 0.717) is 16.8 Å². The van der Waals surface area contributed by atoms with Crippen LogP contribution in [0.15, 0.2) is 35.1 Å². The molecule has 0 spiro atoms. The second kappa shape index (κ2) is 7.87. The van der Waals surface area contributed by atoms with Gasteiger partial charge in [0.05, 0.1) is 11.4 Å². The average Bonchev–Trinajstić information content (AvgIpc) is 2.81. The number of hydrogen-bond donors (Lipinski definition) is 2. The lowest BCUT2D eigenvalue weighted by molar-refractivity contribution is 0.535. The highest BCUT2D eigenvalue weighted by Gasteiger charge is 2.18. The molecule has 0 amide bonds. The van der Waals surface area contributed by atoms with Gasteiger partial charge < -0.3 is 10.6 Å². The van der Waals surface area contributed by atoms with Crippen LogP contribution in [-0.4, -0.2) is 20.5 Å². The summed E-state index contributed by atoms with van der Waals surface area (Å²) in [5.41, 5.74) is 2.15. The van der Waals surface area contributed by atoms with E-state index in [1.165, 1.54) is 25.7 Å². The van der Waals surface area contributed by atoms with Crippen molar-refractivity contribution in [3.05, 3.63) is 46.4 Å². The highest BCUT2D eigenvalue weighted by molar-refractivity contribution is 7.80. The van der Waals surface area contributed by atoms with Crippen molar-refractivity contribution in [3.8, 4) is 5.69 Å². The van der Waals surface area contributed by atoms with E-state index in [2.05, 4.69) is 10.6 Å². The summed E-state index contributed by atoms with van der Waals surface area (Å²) in [4.78, 5) is 12.9. The zero-order valence-electron chi connectivity index (χ0n) is 14.9. The van der Waals surface area contributed by atoms with E-state index in [1.54, 1.807) is 4.68 Å². The van der Waals surface area contributed by atoms with E-state index >= 15 is 0 Å². The maximum atomic E-state index is 12.9. The molecule has 0 aliphatic heterocycles. The average molecular weight is 359 g/mol. The summed E-state index contributed by atoms with van der Waals surface area (Å²) in [5, 5.41) is 7.08. The minimum atomic E-state index is -0.0868. The molecular weight excluding hydrogens is 332 g/mol. The Morgan fingerprint density at radius 3 is 2.40 bits per heavy atom. The number of hydrogen-bond acceptors (Lipinski definition) is 2. The largest absolute Gasteiger partial charge is 0.360 e. The molecule has 0 unspecified atom stereocenters. The van der Waals surface area contributed by atoms with E-state index in [4.69, 9.17) is 12.2 Å². The summed E-state index contributed by atoms with van der Waals surface area (Å²) in [5.74, 6) is 0. The van der Waals surface area contributed by atoms with E-state index in [0.717, 1.165) is 24.2 Å². The number of nitrogens with one attached hydrogen (secondary N) is 2. The predicted molar refractivity (Wildman–Crippen MR) is 107 cm³/mol. The third-order valence-electron chi connectivity index (χ3n) is 4.98. The number of aromatic nitrogens is 2. The summed E-state index contributed by atoms with van der Waals surface area (Å²) in [6, 6.07) is 10.0. The maximum Gasteiger partial charge on any atom is 0.295 e. The van der Waals surface area contributed by atoms with E-state index in [9.17, 15) is 4.79 Å². The molecule has 1 aliphatic carbocycles. The Labute approximate surface area is 154 Å². The molecule has 0 bridgehead atoms. The fraction of sp³-hybridized carbons (Fsp3) is 0.474. The van der Waals surface area contributed by atoms with Crippen molar-refractivity contribution >= 4 is 23.0 Å². The topological polar surface area (TPSA) is 51.0 Å². The molecular formula is C19H26N4OS. The zero-order chi connectivity index (χ0) is 17.8. The van der Waals surface area contributed by atoms with Gasteiger partial charge in [-0.25, -0.2) is 4.68 Å². The van der Waals surface area contributed by atoms with Crippen LogP contribution in [-0.2, 0) is 7.05 Å². The van der Waals surface area contributed by atoms with Crippen molar-refractivity contribution in [1.29, 1.82) is 0 Å². The van der Waals surface area contributed by atoms with Gasteiger partial charge in [-0.15, -0.1) is 0 Å². The maximum absolute atomic E-state index is 12.9. The first-order chi connectivity index (χ1) is 12.1. The van der Waals surface area contributed by atoms with Gasteiger partial charge in [0.2, 0.25) is 0 Å². The van der Waals surface area contributed by atoms with E-state index < -0.39 is 0 Å². The SMILES string of the molecule is Cc1c(NC(=S)NC2CCCCCC2)c(=O)n(-c2ccccc2)n1C. The molecule has 1 heterocycles. The Morgan fingerprint density at radius 2 is 1.76 bits per heavy atom. The molecule has 2 aromatic rings. The fourth-order valence-electron chi connectivity index (χ4n) is 3.47. The normalized spacial score (nSPS) is 15.6. The van der Waals surface area contributed by atoms with Crippen LogP contribution in [0.1, 0.15) is 44.2 Å². The van der Waals surface area contributed by atoms with Crippen molar-refractivity contribution in [2.75, 3.05) is 5.32 Å². The molecule has 1 aliphatic rings. The minimum Gasteiger partial charge on any atom is -0.360 e. The standard InChI is InChI=1S/C19H26N4OS/c1-14-17(21-19(25)20-15-10-6-3-4-7-11-15)18(24)23(22(14)2)16-12-8-5-9-13-16/h5,8-9,12-13,15H,3-4,6-7,10-11H2,1-2H3,(H2,20,21,25). The summed E-state index contributed by atoms with van der Waals surface area (Å²) in [6.45, 7) is 1.93. The third kappa shape index (κ3) is 3.95. The lowest BCUT2D eigenvalue weighted by atomic mass is 10.1. The van der Waals surface area contributed by atoms with Crippen molar-refractivity contribution in [1.82, 2.24) is 14.7 Å². The predicted octanol–water partition coefficient (Wildman–Crippen LogP) is 3.49. The van der Waals surface area contributed by atoms with Crippen molar-refractivity contribution in [3.63, 3.8) is 0 Å². The van der Waals surface area contributed by atoms with Crippen LogP contribution in [0.5, 0.6) is 0 Å².